The first-order chi connectivity index (χ1) is 8.25. The SMILES string of the molecule is O=c1[nH][nH]c(=O)c2cc(-c3ccco3)ncc12. The molecular formula is C11H7N3O3. The Balaban J connectivity index is 2.37. The Kier molecular flexibility index (Phi) is 1.94. The van der Waals surface area contributed by atoms with Gasteiger partial charge in [0.05, 0.1) is 17.0 Å². The molecule has 17 heavy (non-hydrogen) atoms. The summed E-state index contributed by atoms with van der Waals surface area (Å²) in [5.41, 5.74) is -0.230. The number of pyridine rings is 1. The van der Waals surface area contributed by atoms with Crippen molar-refractivity contribution in [2.75, 3.05) is 0 Å². The molecule has 84 valence electrons. The molecule has 0 amide bonds. The quantitative estimate of drug-likeness (QED) is 0.647. The van der Waals surface area contributed by atoms with Gasteiger partial charge in [-0.15, -0.1) is 0 Å². The molecule has 0 saturated heterocycles. The van der Waals surface area contributed by atoms with Crippen molar-refractivity contribution >= 4 is 10.8 Å². The average Bonchev–Trinajstić information content (AvgIpc) is 2.87. The lowest BCUT2D eigenvalue weighted by Crippen LogP contribution is -2.19. The summed E-state index contributed by atoms with van der Waals surface area (Å²) in [4.78, 5) is 27.1. The van der Waals surface area contributed by atoms with Crippen LogP contribution in [0, 0.1) is 0 Å². The van der Waals surface area contributed by atoms with Crippen molar-refractivity contribution < 1.29 is 4.42 Å². The Morgan fingerprint density at radius 2 is 1.88 bits per heavy atom. The van der Waals surface area contributed by atoms with Crippen molar-refractivity contribution in [3.05, 3.63) is 51.4 Å². The first-order valence-corrected chi connectivity index (χ1v) is 4.90. The van der Waals surface area contributed by atoms with Crippen LogP contribution in [0.25, 0.3) is 22.2 Å². The van der Waals surface area contributed by atoms with Crippen molar-refractivity contribution in [2.24, 2.45) is 0 Å². The normalized spacial score (nSPS) is 10.8. The molecule has 0 radical (unpaired) electrons. The van der Waals surface area contributed by atoms with Crippen molar-refractivity contribution in [1.82, 2.24) is 15.2 Å². The molecule has 6 heteroatoms. The number of H-pyrrole nitrogens is 2. The third kappa shape index (κ3) is 1.46. The Bertz CT molecular complexity index is 784. The molecule has 6 nitrogen and oxygen atoms in total. The van der Waals surface area contributed by atoms with Crippen LogP contribution in [0.5, 0.6) is 0 Å². The van der Waals surface area contributed by atoms with E-state index in [1.807, 2.05) is 0 Å². The number of rotatable bonds is 1. The summed E-state index contributed by atoms with van der Waals surface area (Å²) in [6, 6.07) is 4.99. The van der Waals surface area contributed by atoms with Crippen LogP contribution in [0.15, 0.2) is 44.7 Å². The first-order valence-electron chi connectivity index (χ1n) is 4.90. The lowest BCUT2D eigenvalue weighted by Gasteiger charge is -1.98. The minimum absolute atomic E-state index is 0.254. The van der Waals surface area contributed by atoms with Crippen molar-refractivity contribution in [3.63, 3.8) is 0 Å². The van der Waals surface area contributed by atoms with Gasteiger partial charge in [-0.25, -0.2) is 0 Å². The van der Waals surface area contributed by atoms with E-state index in [0.29, 0.717) is 11.5 Å². The molecule has 2 N–H and O–H groups in total. The molecule has 0 atom stereocenters. The second-order valence-corrected chi connectivity index (χ2v) is 3.50. The van der Waals surface area contributed by atoms with Crippen LogP contribution in [-0.2, 0) is 0 Å². The van der Waals surface area contributed by atoms with Gasteiger partial charge in [0.2, 0.25) is 0 Å². The Morgan fingerprint density at radius 1 is 1.12 bits per heavy atom. The van der Waals surface area contributed by atoms with E-state index in [-0.39, 0.29) is 21.9 Å². The molecule has 0 aliphatic heterocycles. The highest BCUT2D eigenvalue weighted by Gasteiger charge is 2.07. The van der Waals surface area contributed by atoms with E-state index < -0.39 is 0 Å². The monoisotopic (exact) mass is 229 g/mol. The molecule has 0 aliphatic carbocycles. The van der Waals surface area contributed by atoms with Gasteiger partial charge in [-0.2, -0.15) is 0 Å². The lowest BCUT2D eigenvalue weighted by molar-refractivity contribution is 0.580. The van der Waals surface area contributed by atoms with Crippen LogP contribution in [0.4, 0.5) is 0 Å². The maximum absolute atomic E-state index is 11.6. The molecule has 0 aromatic carbocycles. The molecule has 0 unspecified atom stereocenters. The molecule has 0 saturated carbocycles. The van der Waals surface area contributed by atoms with E-state index in [0.717, 1.165) is 0 Å². The second kappa shape index (κ2) is 3.44. The number of aromatic amines is 2. The van der Waals surface area contributed by atoms with Crippen LogP contribution in [0.3, 0.4) is 0 Å². The van der Waals surface area contributed by atoms with Crippen molar-refractivity contribution in [3.8, 4) is 11.5 Å². The number of hydrogen-bond acceptors (Lipinski definition) is 4. The second-order valence-electron chi connectivity index (χ2n) is 3.50. The molecule has 0 spiro atoms. The topological polar surface area (TPSA) is 91.8 Å². The minimum atomic E-state index is -0.377. The maximum Gasteiger partial charge on any atom is 0.272 e. The highest BCUT2D eigenvalue weighted by Crippen LogP contribution is 2.18. The van der Waals surface area contributed by atoms with Gasteiger partial charge < -0.3 is 4.42 Å². The Hall–Kier alpha value is -2.63. The van der Waals surface area contributed by atoms with Crippen molar-refractivity contribution in [2.45, 2.75) is 0 Å². The molecule has 3 aromatic rings. The first kappa shape index (κ1) is 9.59. The van der Waals surface area contributed by atoms with Crippen LogP contribution in [0.2, 0.25) is 0 Å². The summed E-state index contributed by atoms with van der Waals surface area (Å²) in [6.07, 6.45) is 2.88. The summed E-state index contributed by atoms with van der Waals surface area (Å²) in [5.74, 6) is 0.548. The van der Waals surface area contributed by atoms with Crippen LogP contribution < -0.4 is 11.1 Å². The standard InChI is InChI=1S/C11H7N3O3/c15-10-6-4-8(9-2-1-3-17-9)12-5-7(6)11(16)14-13-10/h1-5H,(H,13,15)(H,14,16). The average molecular weight is 229 g/mol. The molecule has 0 fully saturated rings. The van der Waals surface area contributed by atoms with Gasteiger partial charge in [0.15, 0.2) is 5.76 Å². The van der Waals surface area contributed by atoms with Gasteiger partial charge >= 0.3 is 0 Å². The molecule has 3 rings (SSSR count). The van der Waals surface area contributed by atoms with Crippen LogP contribution in [-0.4, -0.2) is 15.2 Å². The molecule has 0 aliphatic rings. The van der Waals surface area contributed by atoms with Crippen molar-refractivity contribution in [1.29, 1.82) is 0 Å². The summed E-state index contributed by atoms with van der Waals surface area (Å²) < 4.78 is 5.18. The summed E-state index contributed by atoms with van der Waals surface area (Å²) in [7, 11) is 0. The van der Waals surface area contributed by atoms with Gasteiger partial charge in [0, 0.05) is 6.20 Å². The number of fused-ring (bicyclic) bond motifs is 1. The summed E-state index contributed by atoms with van der Waals surface area (Å²) in [6.45, 7) is 0. The number of nitrogens with zero attached hydrogens (tertiary/aromatic N) is 1. The maximum atomic E-state index is 11.6. The van der Waals surface area contributed by atoms with Gasteiger partial charge in [0.1, 0.15) is 5.69 Å². The number of nitrogens with one attached hydrogen (secondary N) is 2. The van der Waals surface area contributed by atoms with E-state index in [1.165, 1.54) is 18.5 Å². The van der Waals surface area contributed by atoms with Gasteiger partial charge in [-0.1, -0.05) is 0 Å². The van der Waals surface area contributed by atoms with Crippen LogP contribution in [0.1, 0.15) is 0 Å². The Labute approximate surface area is 93.9 Å². The molecule has 3 aromatic heterocycles. The van der Waals surface area contributed by atoms with E-state index >= 15 is 0 Å². The Morgan fingerprint density at radius 3 is 2.59 bits per heavy atom. The summed E-state index contributed by atoms with van der Waals surface area (Å²) >= 11 is 0. The van der Waals surface area contributed by atoms with Crippen LogP contribution >= 0.6 is 0 Å². The largest absolute Gasteiger partial charge is 0.463 e. The fourth-order valence-electron chi connectivity index (χ4n) is 1.63. The van der Waals surface area contributed by atoms with E-state index in [4.69, 9.17) is 4.42 Å². The smallest absolute Gasteiger partial charge is 0.272 e. The zero-order valence-electron chi connectivity index (χ0n) is 8.56. The van der Waals surface area contributed by atoms with E-state index in [9.17, 15) is 9.59 Å². The van der Waals surface area contributed by atoms with Gasteiger partial charge in [-0.05, 0) is 18.2 Å². The van der Waals surface area contributed by atoms with E-state index in [2.05, 4.69) is 15.2 Å². The summed E-state index contributed by atoms with van der Waals surface area (Å²) in [5, 5.41) is 5.04. The third-order valence-electron chi connectivity index (χ3n) is 2.46. The number of hydrogen-bond donors (Lipinski definition) is 2. The predicted molar refractivity (Wildman–Crippen MR) is 60.7 cm³/mol. The number of furan rings is 1. The molecule has 3 heterocycles. The lowest BCUT2D eigenvalue weighted by atomic mass is 10.2. The highest BCUT2D eigenvalue weighted by atomic mass is 16.3. The van der Waals surface area contributed by atoms with Gasteiger partial charge in [0.25, 0.3) is 11.1 Å². The zero-order chi connectivity index (χ0) is 11.8. The third-order valence-corrected chi connectivity index (χ3v) is 2.46. The number of aromatic nitrogens is 3. The van der Waals surface area contributed by atoms with E-state index in [1.54, 1.807) is 12.1 Å². The minimum Gasteiger partial charge on any atom is -0.463 e. The highest BCUT2D eigenvalue weighted by molar-refractivity contribution is 5.82. The zero-order valence-corrected chi connectivity index (χ0v) is 8.56. The fraction of sp³-hybridized carbons (Fsp3) is 0. The van der Waals surface area contributed by atoms with Gasteiger partial charge in [-0.3, -0.25) is 24.8 Å². The fourth-order valence-corrected chi connectivity index (χ4v) is 1.63. The molecular weight excluding hydrogens is 222 g/mol. The predicted octanol–water partition coefficient (Wildman–Crippen LogP) is 0.871. The molecule has 0 bridgehead atoms.